The Kier molecular flexibility index (Phi) is 4.79. The van der Waals surface area contributed by atoms with Crippen molar-refractivity contribution in [2.24, 2.45) is 0 Å². The lowest BCUT2D eigenvalue weighted by atomic mass is 10.2. The zero-order valence-electron chi connectivity index (χ0n) is 10.4. The van der Waals surface area contributed by atoms with E-state index < -0.39 is 12.7 Å². The van der Waals surface area contributed by atoms with Crippen molar-refractivity contribution in [3.05, 3.63) is 35.9 Å². The van der Waals surface area contributed by atoms with Crippen LogP contribution >= 0.6 is 0 Å². The topological polar surface area (TPSA) is 21.7 Å². The number of hydrogen-bond acceptors (Lipinski definition) is 3. The smallest absolute Gasteiger partial charge is 0.262 e. The van der Waals surface area contributed by atoms with E-state index in [2.05, 4.69) is 4.74 Å². The summed E-state index contributed by atoms with van der Waals surface area (Å²) in [5, 5.41) is 1.55. The Morgan fingerprint density at radius 3 is 2.21 bits per heavy atom. The van der Waals surface area contributed by atoms with E-state index in [1.807, 2.05) is 0 Å². The van der Waals surface area contributed by atoms with Crippen LogP contribution < -0.4 is 0 Å². The fraction of sp³-hybridized carbons (Fsp3) is 0.538. The minimum atomic E-state index is -4.73. The van der Waals surface area contributed by atoms with Gasteiger partial charge in [0.15, 0.2) is 0 Å². The third-order valence-corrected chi connectivity index (χ3v) is 2.87. The molecule has 1 aromatic rings. The van der Waals surface area contributed by atoms with Crippen LogP contribution in [0.3, 0.4) is 0 Å². The van der Waals surface area contributed by atoms with E-state index in [4.69, 9.17) is 4.84 Å². The quantitative estimate of drug-likeness (QED) is 0.783. The Labute approximate surface area is 109 Å². The molecule has 1 atom stereocenters. The van der Waals surface area contributed by atoms with Gasteiger partial charge in [-0.05, 0) is 12.8 Å². The molecule has 106 valence electrons. The average Bonchev–Trinajstić information content (AvgIpc) is 2.39. The fourth-order valence-corrected chi connectivity index (χ4v) is 1.99. The molecule has 0 aromatic heterocycles. The molecule has 1 saturated heterocycles. The first-order valence-electron chi connectivity index (χ1n) is 6.26. The molecule has 2 rings (SSSR count). The van der Waals surface area contributed by atoms with E-state index in [1.165, 1.54) is 0 Å². The van der Waals surface area contributed by atoms with Crippen molar-refractivity contribution in [1.29, 1.82) is 0 Å². The van der Waals surface area contributed by atoms with Crippen LogP contribution in [0.25, 0.3) is 0 Å². The van der Waals surface area contributed by atoms with Gasteiger partial charge in [0.1, 0.15) is 0 Å². The van der Waals surface area contributed by atoms with Crippen molar-refractivity contribution >= 4 is 0 Å². The molecule has 0 radical (unpaired) electrons. The van der Waals surface area contributed by atoms with Crippen LogP contribution in [0.2, 0.25) is 0 Å². The second kappa shape index (κ2) is 6.36. The van der Waals surface area contributed by atoms with Crippen LogP contribution in [0.15, 0.2) is 30.3 Å². The Bertz CT molecular complexity index is 377. The Morgan fingerprint density at radius 2 is 1.63 bits per heavy atom. The molecule has 0 amide bonds. The monoisotopic (exact) mass is 275 g/mol. The SMILES string of the molecule is FC(F)(F)OC(ON1CCCCC1)c1ccccc1. The number of hydrogen-bond donors (Lipinski definition) is 0. The molecule has 6 heteroatoms. The van der Waals surface area contributed by atoms with Crippen molar-refractivity contribution < 1.29 is 22.7 Å². The van der Waals surface area contributed by atoms with Crippen LogP contribution in [-0.2, 0) is 9.57 Å². The Morgan fingerprint density at radius 1 is 1.00 bits per heavy atom. The highest BCUT2D eigenvalue weighted by molar-refractivity contribution is 5.15. The maximum Gasteiger partial charge on any atom is 0.525 e. The van der Waals surface area contributed by atoms with Crippen LogP contribution in [-0.4, -0.2) is 24.5 Å². The van der Waals surface area contributed by atoms with Crippen molar-refractivity contribution in [2.45, 2.75) is 31.9 Å². The Hall–Kier alpha value is -1.11. The highest BCUT2D eigenvalue weighted by Crippen LogP contribution is 2.30. The van der Waals surface area contributed by atoms with E-state index in [0.717, 1.165) is 19.3 Å². The number of ether oxygens (including phenoxy) is 1. The van der Waals surface area contributed by atoms with Crippen LogP contribution in [0.4, 0.5) is 13.2 Å². The second-order valence-corrected chi connectivity index (χ2v) is 4.40. The molecular weight excluding hydrogens is 259 g/mol. The van der Waals surface area contributed by atoms with Crippen molar-refractivity contribution in [1.82, 2.24) is 5.06 Å². The third-order valence-electron chi connectivity index (χ3n) is 2.87. The number of rotatable bonds is 4. The first-order chi connectivity index (χ1) is 9.04. The summed E-state index contributed by atoms with van der Waals surface area (Å²) in [7, 11) is 0. The number of nitrogens with zero attached hydrogens (tertiary/aromatic N) is 1. The number of benzene rings is 1. The van der Waals surface area contributed by atoms with Crippen molar-refractivity contribution in [3.63, 3.8) is 0 Å². The minimum Gasteiger partial charge on any atom is -0.262 e. The molecule has 1 fully saturated rings. The van der Waals surface area contributed by atoms with Gasteiger partial charge in [0.05, 0.1) is 0 Å². The van der Waals surface area contributed by atoms with Crippen LogP contribution in [0.5, 0.6) is 0 Å². The first kappa shape index (κ1) is 14.3. The van der Waals surface area contributed by atoms with Crippen LogP contribution in [0, 0.1) is 0 Å². The second-order valence-electron chi connectivity index (χ2n) is 4.40. The number of piperidine rings is 1. The van der Waals surface area contributed by atoms with Gasteiger partial charge >= 0.3 is 6.36 Å². The molecule has 3 nitrogen and oxygen atoms in total. The molecule has 0 N–H and O–H groups in total. The molecule has 0 spiro atoms. The lowest BCUT2D eigenvalue weighted by Crippen LogP contribution is -2.33. The summed E-state index contributed by atoms with van der Waals surface area (Å²) in [6.45, 7) is 1.26. The van der Waals surface area contributed by atoms with Crippen molar-refractivity contribution in [2.75, 3.05) is 13.1 Å². The van der Waals surface area contributed by atoms with E-state index in [1.54, 1.807) is 35.4 Å². The van der Waals surface area contributed by atoms with Crippen molar-refractivity contribution in [3.8, 4) is 0 Å². The zero-order valence-corrected chi connectivity index (χ0v) is 10.4. The average molecular weight is 275 g/mol. The summed E-state index contributed by atoms with van der Waals surface area (Å²) in [6, 6.07) is 8.15. The predicted octanol–water partition coefficient (Wildman–Crippen LogP) is 3.64. The van der Waals surface area contributed by atoms with Gasteiger partial charge in [-0.2, -0.15) is 5.06 Å². The highest BCUT2D eigenvalue weighted by atomic mass is 19.4. The molecule has 0 aliphatic carbocycles. The summed E-state index contributed by atoms with van der Waals surface area (Å²) >= 11 is 0. The Balaban J connectivity index is 2.05. The molecular formula is C13H16F3NO2. The van der Waals surface area contributed by atoms with E-state index in [0.29, 0.717) is 18.7 Å². The fourth-order valence-electron chi connectivity index (χ4n) is 1.99. The van der Waals surface area contributed by atoms with Gasteiger partial charge in [-0.15, -0.1) is 13.2 Å². The molecule has 0 bridgehead atoms. The summed E-state index contributed by atoms with van der Waals surface area (Å²) < 4.78 is 41.3. The predicted molar refractivity (Wildman–Crippen MR) is 62.8 cm³/mol. The number of hydroxylamine groups is 2. The largest absolute Gasteiger partial charge is 0.525 e. The zero-order chi connectivity index (χ0) is 13.7. The summed E-state index contributed by atoms with van der Waals surface area (Å²) in [5.74, 6) is 0. The maximum atomic E-state index is 12.4. The van der Waals surface area contributed by atoms with E-state index >= 15 is 0 Å². The maximum absolute atomic E-state index is 12.4. The third kappa shape index (κ3) is 4.81. The van der Waals surface area contributed by atoms with Gasteiger partial charge in [-0.1, -0.05) is 36.8 Å². The molecule has 1 aliphatic rings. The van der Waals surface area contributed by atoms with Gasteiger partial charge in [-0.3, -0.25) is 9.57 Å². The lowest BCUT2D eigenvalue weighted by Gasteiger charge is -2.30. The van der Waals surface area contributed by atoms with E-state index in [-0.39, 0.29) is 0 Å². The van der Waals surface area contributed by atoms with E-state index in [9.17, 15) is 13.2 Å². The molecule has 1 unspecified atom stereocenters. The van der Waals surface area contributed by atoms with Gasteiger partial charge in [0, 0.05) is 18.7 Å². The van der Waals surface area contributed by atoms with Crippen LogP contribution in [0.1, 0.15) is 31.1 Å². The number of alkyl halides is 3. The summed E-state index contributed by atoms with van der Waals surface area (Å²) in [6.07, 6.45) is -3.24. The van der Waals surface area contributed by atoms with Gasteiger partial charge in [0.25, 0.3) is 0 Å². The first-order valence-corrected chi connectivity index (χ1v) is 6.26. The molecule has 0 saturated carbocycles. The van der Waals surface area contributed by atoms with Gasteiger partial charge in [-0.25, -0.2) is 0 Å². The summed E-state index contributed by atoms with van der Waals surface area (Å²) in [5.41, 5.74) is 0.352. The van der Waals surface area contributed by atoms with Gasteiger partial charge in [0.2, 0.25) is 6.29 Å². The summed E-state index contributed by atoms with van der Waals surface area (Å²) in [4.78, 5) is 5.34. The highest BCUT2D eigenvalue weighted by Gasteiger charge is 2.36. The molecule has 19 heavy (non-hydrogen) atoms. The van der Waals surface area contributed by atoms with Gasteiger partial charge < -0.3 is 0 Å². The lowest BCUT2D eigenvalue weighted by molar-refractivity contribution is -0.414. The molecule has 1 aliphatic heterocycles. The normalized spacial score (nSPS) is 19.3. The molecule has 1 heterocycles. The molecule has 1 aromatic carbocycles. The minimum absolute atomic E-state index is 0.352. The number of halogens is 3. The standard InChI is InChI=1S/C13H16F3NO2/c14-13(15,16)18-12(11-7-3-1-4-8-11)19-17-9-5-2-6-10-17/h1,3-4,7-8,12H,2,5-6,9-10H2.